The van der Waals surface area contributed by atoms with E-state index in [-0.39, 0.29) is 6.61 Å². The number of rotatable bonds is 4. The van der Waals surface area contributed by atoms with Gasteiger partial charge < -0.3 is 14.7 Å². The second-order valence-corrected chi connectivity index (χ2v) is 4.30. The molecule has 0 bridgehead atoms. The molecule has 0 amide bonds. The van der Waals surface area contributed by atoms with Crippen molar-refractivity contribution in [3.63, 3.8) is 0 Å². The molecule has 0 aliphatic carbocycles. The Morgan fingerprint density at radius 2 is 1.45 bits per heavy atom. The van der Waals surface area contributed by atoms with E-state index < -0.39 is 0 Å². The van der Waals surface area contributed by atoms with Gasteiger partial charge in [-0.15, -0.1) is 0 Å². The van der Waals surface area contributed by atoms with E-state index >= 15 is 0 Å². The molecular weight excluding hydrogens is 274 g/mol. The molecule has 0 fully saturated rings. The van der Waals surface area contributed by atoms with Gasteiger partial charge in [0, 0.05) is 25.8 Å². The molecule has 0 aliphatic rings. The lowest BCUT2D eigenvalue weighted by Gasteiger charge is -2.14. The second-order valence-electron chi connectivity index (χ2n) is 4.30. The van der Waals surface area contributed by atoms with Crippen LogP contribution in [0.3, 0.4) is 0 Å². The van der Waals surface area contributed by atoms with Crippen LogP contribution >= 0.6 is 0 Å². The summed E-state index contributed by atoms with van der Waals surface area (Å²) in [6.45, 7) is 8.05. The Hall–Kier alpha value is -2.00. The summed E-state index contributed by atoms with van der Waals surface area (Å²) >= 11 is 0. The molecule has 122 valence electrons. The van der Waals surface area contributed by atoms with Gasteiger partial charge in [-0.05, 0) is 29.8 Å². The van der Waals surface area contributed by atoms with Gasteiger partial charge in [-0.1, -0.05) is 45.9 Å². The fraction of sp³-hybridized carbons (Fsp3) is 0.368. The highest BCUT2D eigenvalue weighted by Crippen LogP contribution is 2.25. The van der Waals surface area contributed by atoms with Crippen molar-refractivity contribution in [3.8, 4) is 11.5 Å². The van der Waals surface area contributed by atoms with Crippen LogP contribution in [0.5, 0.6) is 11.5 Å². The number of ether oxygens (including phenoxy) is 1. The molecule has 2 rings (SSSR count). The highest BCUT2D eigenvalue weighted by molar-refractivity contribution is 5.50. The van der Waals surface area contributed by atoms with E-state index in [1.165, 1.54) is 0 Å². The smallest absolute Gasteiger partial charge is 0.129 e. The predicted octanol–water partition coefficient (Wildman–Crippen LogP) is 5.09. The molecule has 3 heteroatoms. The van der Waals surface area contributed by atoms with Gasteiger partial charge >= 0.3 is 0 Å². The monoisotopic (exact) mass is 303 g/mol. The molecule has 0 radical (unpaired) electrons. The lowest BCUT2D eigenvalue weighted by Crippen LogP contribution is -2.08. The zero-order valence-corrected chi connectivity index (χ0v) is 14.6. The predicted molar refractivity (Wildman–Crippen MR) is 95.9 cm³/mol. The first-order chi connectivity index (χ1) is 10.7. The maximum absolute atomic E-state index is 8.97. The minimum Gasteiger partial charge on any atom is -0.457 e. The van der Waals surface area contributed by atoms with Gasteiger partial charge in [0.25, 0.3) is 0 Å². The normalized spacial score (nSPS) is 8.86. The lowest BCUT2D eigenvalue weighted by molar-refractivity contribution is 0.281. The molecule has 22 heavy (non-hydrogen) atoms. The summed E-state index contributed by atoms with van der Waals surface area (Å²) in [5.74, 6) is 1.57. The third-order valence-corrected chi connectivity index (χ3v) is 2.68. The number of nitrogens with zero attached hydrogens (tertiary/aromatic N) is 1. The van der Waals surface area contributed by atoms with Crippen molar-refractivity contribution in [2.45, 2.75) is 34.3 Å². The number of aliphatic hydroxyl groups excluding tert-OH is 1. The van der Waals surface area contributed by atoms with Crippen molar-refractivity contribution in [1.82, 2.24) is 0 Å². The van der Waals surface area contributed by atoms with Crippen LogP contribution in [-0.4, -0.2) is 19.2 Å². The first-order valence-corrected chi connectivity index (χ1v) is 7.84. The Labute approximate surface area is 135 Å². The maximum atomic E-state index is 8.97. The zero-order chi connectivity index (χ0) is 17.0. The van der Waals surface area contributed by atoms with Gasteiger partial charge in [-0.2, -0.15) is 0 Å². The van der Waals surface area contributed by atoms with Crippen LogP contribution < -0.4 is 9.64 Å². The molecule has 0 saturated carbocycles. The molecule has 0 saturated heterocycles. The highest BCUT2D eigenvalue weighted by atomic mass is 16.5. The first kappa shape index (κ1) is 20.0. The Kier molecular flexibility index (Phi) is 10.6. The van der Waals surface area contributed by atoms with E-state index in [2.05, 4.69) is 0 Å². The Balaban J connectivity index is 0.00000102. The summed E-state index contributed by atoms with van der Waals surface area (Å²) in [6, 6.07) is 15.3. The van der Waals surface area contributed by atoms with Crippen molar-refractivity contribution in [3.05, 3.63) is 54.1 Å². The molecule has 0 aliphatic heterocycles. The van der Waals surface area contributed by atoms with E-state index in [9.17, 15) is 0 Å². The van der Waals surface area contributed by atoms with Crippen LogP contribution in [-0.2, 0) is 6.61 Å². The fourth-order valence-electron chi connectivity index (χ4n) is 1.62. The van der Waals surface area contributed by atoms with E-state index in [1.54, 1.807) is 0 Å². The first-order valence-electron chi connectivity index (χ1n) is 7.84. The van der Waals surface area contributed by atoms with Crippen molar-refractivity contribution in [1.29, 1.82) is 0 Å². The summed E-state index contributed by atoms with van der Waals surface area (Å²) in [5, 5.41) is 8.97. The van der Waals surface area contributed by atoms with Crippen LogP contribution in [0.1, 0.15) is 33.3 Å². The fourth-order valence-corrected chi connectivity index (χ4v) is 1.62. The van der Waals surface area contributed by atoms with E-state index in [1.807, 2.05) is 95.2 Å². The number of aliphatic hydroxyl groups is 1. The van der Waals surface area contributed by atoms with Gasteiger partial charge in [-0.3, -0.25) is 0 Å². The standard InChI is InChI=1S/C15H17NO2.2C2H6/c1-16(2)13-4-3-5-15(10-13)18-14-8-6-12(11-17)7-9-14;2*1-2/h3-10,17H,11H2,1-2H3;2*1-2H3. The molecule has 3 nitrogen and oxygen atoms in total. The molecule has 0 unspecified atom stereocenters. The third kappa shape index (κ3) is 6.64. The van der Waals surface area contributed by atoms with Gasteiger partial charge in [0.15, 0.2) is 0 Å². The lowest BCUT2D eigenvalue weighted by atomic mass is 10.2. The topological polar surface area (TPSA) is 32.7 Å². The summed E-state index contributed by atoms with van der Waals surface area (Å²) < 4.78 is 5.76. The van der Waals surface area contributed by atoms with E-state index in [0.29, 0.717) is 0 Å². The van der Waals surface area contributed by atoms with Gasteiger partial charge in [-0.25, -0.2) is 0 Å². The number of hydrogen-bond donors (Lipinski definition) is 1. The summed E-state index contributed by atoms with van der Waals surface area (Å²) in [5.41, 5.74) is 1.98. The Bertz CT molecular complexity index is 507. The Morgan fingerprint density at radius 3 is 1.95 bits per heavy atom. The molecule has 1 N–H and O–H groups in total. The van der Waals surface area contributed by atoms with Gasteiger partial charge in [0.05, 0.1) is 6.61 Å². The summed E-state index contributed by atoms with van der Waals surface area (Å²) in [4.78, 5) is 2.03. The largest absolute Gasteiger partial charge is 0.457 e. The molecular formula is C19H29NO2. The van der Waals surface area contributed by atoms with Gasteiger partial charge in [0.2, 0.25) is 0 Å². The minimum absolute atomic E-state index is 0.0520. The van der Waals surface area contributed by atoms with Crippen LogP contribution in [0.15, 0.2) is 48.5 Å². The van der Waals surface area contributed by atoms with Crippen LogP contribution in [0.25, 0.3) is 0 Å². The van der Waals surface area contributed by atoms with E-state index in [4.69, 9.17) is 9.84 Å². The zero-order valence-electron chi connectivity index (χ0n) is 14.6. The third-order valence-electron chi connectivity index (χ3n) is 2.68. The molecule has 0 heterocycles. The van der Waals surface area contributed by atoms with Crippen LogP contribution in [0.4, 0.5) is 5.69 Å². The maximum Gasteiger partial charge on any atom is 0.129 e. The van der Waals surface area contributed by atoms with Crippen molar-refractivity contribution in [2.24, 2.45) is 0 Å². The van der Waals surface area contributed by atoms with Crippen molar-refractivity contribution >= 4 is 5.69 Å². The quantitative estimate of drug-likeness (QED) is 0.854. The number of anilines is 1. The van der Waals surface area contributed by atoms with Crippen LogP contribution in [0.2, 0.25) is 0 Å². The second kappa shape index (κ2) is 11.6. The average molecular weight is 303 g/mol. The molecule has 0 spiro atoms. The minimum atomic E-state index is 0.0520. The average Bonchev–Trinajstić information content (AvgIpc) is 2.59. The molecule has 2 aromatic rings. The molecule has 2 aromatic carbocycles. The molecule has 0 aromatic heterocycles. The summed E-state index contributed by atoms with van der Waals surface area (Å²) in [6.07, 6.45) is 0. The van der Waals surface area contributed by atoms with Gasteiger partial charge in [0.1, 0.15) is 11.5 Å². The highest BCUT2D eigenvalue weighted by Gasteiger charge is 2.00. The Morgan fingerprint density at radius 1 is 0.864 bits per heavy atom. The van der Waals surface area contributed by atoms with Crippen molar-refractivity contribution in [2.75, 3.05) is 19.0 Å². The molecule has 0 atom stereocenters. The van der Waals surface area contributed by atoms with Crippen LogP contribution in [0, 0.1) is 0 Å². The SMILES string of the molecule is CC.CC.CN(C)c1cccc(Oc2ccc(CO)cc2)c1. The van der Waals surface area contributed by atoms with E-state index in [0.717, 1.165) is 22.7 Å². The number of benzene rings is 2. The van der Waals surface area contributed by atoms with Crippen molar-refractivity contribution < 1.29 is 9.84 Å². The number of hydrogen-bond acceptors (Lipinski definition) is 3. The summed E-state index contributed by atoms with van der Waals surface area (Å²) in [7, 11) is 3.99.